The summed E-state index contributed by atoms with van der Waals surface area (Å²) in [4.78, 5) is 13.3. The van der Waals surface area contributed by atoms with E-state index in [2.05, 4.69) is 0 Å². The molecule has 0 aliphatic carbocycles. The van der Waals surface area contributed by atoms with Crippen LogP contribution in [0.1, 0.15) is 18.1 Å². The maximum atomic E-state index is 11.9. The molecule has 0 bridgehead atoms. The van der Waals surface area contributed by atoms with Crippen molar-refractivity contribution in [2.24, 2.45) is 0 Å². The van der Waals surface area contributed by atoms with E-state index in [-0.39, 0.29) is 0 Å². The lowest BCUT2D eigenvalue weighted by atomic mass is 10.1. The SMILES string of the molecule is COc1cc(N(C)C(=O)C(C)O)c(OC)c(C)c1C. The summed E-state index contributed by atoms with van der Waals surface area (Å²) in [6.07, 6.45) is -1.07. The monoisotopic (exact) mass is 267 g/mol. The number of hydrogen-bond donors (Lipinski definition) is 1. The Morgan fingerprint density at radius 1 is 1.26 bits per heavy atom. The molecule has 1 unspecified atom stereocenters. The van der Waals surface area contributed by atoms with Crippen LogP contribution in [0.4, 0.5) is 5.69 Å². The number of carbonyl (C=O) groups is 1. The lowest BCUT2D eigenvalue weighted by Gasteiger charge is -2.24. The fourth-order valence-corrected chi connectivity index (χ4v) is 1.96. The number of rotatable bonds is 4. The zero-order valence-electron chi connectivity index (χ0n) is 12.3. The predicted octanol–water partition coefficient (Wildman–Crippen LogP) is 1.66. The molecule has 1 N–H and O–H groups in total. The number of aliphatic hydroxyl groups is 1. The van der Waals surface area contributed by atoms with Gasteiger partial charge in [-0.05, 0) is 31.9 Å². The third kappa shape index (κ3) is 2.81. The first-order chi connectivity index (χ1) is 8.84. The number of amides is 1. The number of methoxy groups -OCH3 is 2. The minimum atomic E-state index is -1.07. The number of anilines is 1. The molecule has 1 atom stereocenters. The van der Waals surface area contributed by atoms with E-state index < -0.39 is 12.0 Å². The van der Waals surface area contributed by atoms with Crippen LogP contribution in [0.3, 0.4) is 0 Å². The fourth-order valence-electron chi connectivity index (χ4n) is 1.96. The largest absolute Gasteiger partial charge is 0.496 e. The van der Waals surface area contributed by atoms with Gasteiger partial charge in [-0.15, -0.1) is 0 Å². The number of nitrogens with zero attached hydrogens (tertiary/aromatic N) is 1. The number of likely N-dealkylation sites (N-methyl/N-ethyl adjacent to an activating group) is 1. The second-order valence-corrected chi connectivity index (χ2v) is 4.45. The highest BCUT2D eigenvalue weighted by Crippen LogP contribution is 2.38. The van der Waals surface area contributed by atoms with Crippen molar-refractivity contribution in [2.75, 3.05) is 26.2 Å². The first kappa shape index (κ1) is 15.3. The standard InChI is InChI=1S/C14H21NO4/c1-8-9(2)13(19-6)11(7-12(8)18-5)15(4)14(17)10(3)16/h7,10,16H,1-6H3. The van der Waals surface area contributed by atoms with Crippen LogP contribution in [0.25, 0.3) is 0 Å². The van der Waals surface area contributed by atoms with Gasteiger partial charge in [-0.1, -0.05) is 0 Å². The summed E-state index contributed by atoms with van der Waals surface area (Å²) in [5.41, 5.74) is 2.44. The smallest absolute Gasteiger partial charge is 0.255 e. The summed E-state index contributed by atoms with van der Waals surface area (Å²) < 4.78 is 10.7. The van der Waals surface area contributed by atoms with Gasteiger partial charge in [0.15, 0.2) is 0 Å². The van der Waals surface area contributed by atoms with Crippen LogP contribution in [0.2, 0.25) is 0 Å². The van der Waals surface area contributed by atoms with Gasteiger partial charge < -0.3 is 19.5 Å². The molecule has 19 heavy (non-hydrogen) atoms. The van der Waals surface area contributed by atoms with E-state index in [4.69, 9.17) is 9.47 Å². The molecule has 1 aromatic rings. The van der Waals surface area contributed by atoms with Crippen molar-refractivity contribution in [2.45, 2.75) is 26.9 Å². The van der Waals surface area contributed by atoms with Crippen molar-refractivity contribution < 1.29 is 19.4 Å². The second-order valence-electron chi connectivity index (χ2n) is 4.45. The Balaban J connectivity index is 3.41. The Hall–Kier alpha value is -1.75. The number of carbonyl (C=O) groups excluding carboxylic acids is 1. The minimum absolute atomic E-state index is 0.399. The quantitative estimate of drug-likeness (QED) is 0.901. The van der Waals surface area contributed by atoms with Crippen molar-refractivity contribution in [3.63, 3.8) is 0 Å². The van der Waals surface area contributed by atoms with Gasteiger partial charge in [-0.2, -0.15) is 0 Å². The van der Waals surface area contributed by atoms with Crippen molar-refractivity contribution in [3.05, 3.63) is 17.2 Å². The van der Waals surface area contributed by atoms with Crippen molar-refractivity contribution in [1.29, 1.82) is 0 Å². The Bertz CT molecular complexity index is 483. The zero-order chi connectivity index (χ0) is 14.7. The summed E-state index contributed by atoms with van der Waals surface area (Å²) in [5.74, 6) is 0.886. The normalized spacial score (nSPS) is 11.9. The summed E-state index contributed by atoms with van der Waals surface area (Å²) in [5, 5.41) is 9.40. The third-order valence-corrected chi connectivity index (χ3v) is 3.25. The third-order valence-electron chi connectivity index (χ3n) is 3.25. The number of ether oxygens (including phenoxy) is 2. The van der Waals surface area contributed by atoms with E-state index >= 15 is 0 Å². The molecule has 5 nitrogen and oxygen atoms in total. The van der Waals surface area contributed by atoms with Crippen molar-refractivity contribution >= 4 is 11.6 Å². The highest BCUT2D eigenvalue weighted by atomic mass is 16.5. The van der Waals surface area contributed by atoms with Gasteiger partial charge in [-0.25, -0.2) is 0 Å². The molecule has 0 aromatic heterocycles. The Labute approximate surface area is 113 Å². The van der Waals surface area contributed by atoms with Gasteiger partial charge in [0.25, 0.3) is 5.91 Å². The molecule has 5 heteroatoms. The van der Waals surface area contributed by atoms with Gasteiger partial charge in [0, 0.05) is 13.1 Å². The Kier molecular flexibility index (Phi) is 4.78. The highest BCUT2D eigenvalue weighted by molar-refractivity contribution is 5.97. The first-order valence-corrected chi connectivity index (χ1v) is 6.02. The number of benzene rings is 1. The Morgan fingerprint density at radius 3 is 2.26 bits per heavy atom. The predicted molar refractivity (Wildman–Crippen MR) is 74.1 cm³/mol. The summed E-state index contributed by atoms with van der Waals surface area (Å²) in [6, 6.07) is 1.74. The average Bonchev–Trinajstić information content (AvgIpc) is 2.39. The van der Waals surface area contributed by atoms with Crippen LogP contribution in [-0.2, 0) is 4.79 Å². The molecule has 0 fully saturated rings. The lowest BCUT2D eigenvalue weighted by Crippen LogP contribution is -2.35. The van der Waals surface area contributed by atoms with Gasteiger partial charge in [0.1, 0.15) is 17.6 Å². The first-order valence-electron chi connectivity index (χ1n) is 6.02. The van der Waals surface area contributed by atoms with Crippen LogP contribution >= 0.6 is 0 Å². The van der Waals surface area contributed by atoms with E-state index in [9.17, 15) is 9.90 Å². The molecule has 0 aliphatic rings. The van der Waals surface area contributed by atoms with E-state index in [0.29, 0.717) is 17.2 Å². The van der Waals surface area contributed by atoms with Crippen LogP contribution in [0, 0.1) is 13.8 Å². The minimum Gasteiger partial charge on any atom is -0.496 e. The molecule has 0 aliphatic heterocycles. The van der Waals surface area contributed by atoms with Crippen molar-refractivity contribution in [1.82, 2.24) is 0 Å². The molecular weight excluding hydrogens is 246 g/mol. The second kappa shape index (κ2) is 5.93. The van der Waals surface area contributed by atoms with Gasteiger partial charge in [0.05, 0.1) is 19.9 Å². The maximum Gasteiger partial charge on any atom is 0.255 e. The van der Waals surface area contributed by atoms with Gasteiger partial charge >= 0.3 is 0 Å². The topological polar surface area (TPSA) is 59.0 Å². The highest BCUT2D eigenvalue weighted by Gasteiger charge is 2.22. The van der Waals surface area contributed by atoms with Crippen LogP contribution in [-0.4, -0.2) is 38.4 Å². The van der Waals surface area contributed by atoms with Crippen molar-refractivity contribution in [3.8, 4) is 11.5 Å². The molecule has 0 radical (unpaired) electrons. The van der Waals surface area contributed by atoms with Crippen LogP contribution < -0.4 is 14.4 Å². The lowest BCUT2D eigenvalue weighted by molar-refractivity contribution is -0.125. The molecule has 1 aromatic carbocycles. The maximum absolute atomic E-state index is 11.9. The molecule has 0 spiro atoms. The average molecular weight is 267 g/mol. The van der Waals surface area contributed by atoms with E-state index in [0.717, 1.165) is 11.1 Å². The number of hydrogen-bond acceptors (Lipinski definition) is 4. The summed E-state index contributed by atoms with van der Waals surface area (Å²) in [7, 11) is 4.73. The van der Waals surface area contributed by atoms with Gasteiger partial charge in [-0.3, -0.25) is 4.79 Å². The molecule has 0 saturated carbocycles. The van der Waals surface area contributed by atoms with E-state index in [1.807, 2.05) is 13.8 Å². The summed E-state index contributed by atoms with van der Waals surface area (Å²) in [6.45, 7) is 5.27. The molecule has 106 valence electrons. The van der Waals surface area contributed by atoms with Gasteiger partial charge in [0.2, 0.25) is 0 Å². The fraction of sp³-hybridized carbons (Fsp3) is 0.500. The molecule has 0 heterocycles. The van der Waals surface area contributed by atoms with Crippen LogP contribution in [0.5, 0.6) is 11.5 Å². The molecule has 1 amide bonds. The summed E-state index contributed by atoms with van der Waals surface area (Å²) >= 11 is 0. The van der Waals surface area contributed by atoms with E-state index in [1.54, 1.807) is 27.3 Å². The van der Waals surface area contributed by atoms with E-state index in [1.165, 1.54) is 11.8 Å². The molecule has 1 rings (SSSR count). The number of aliphatic hydroxyl groups excluding tert-OH is 1. The zero-order valence-corrected chi connectivity index (χ0v) is 12.3. The van der Waals surface area contributed by atoms with Crippen LogP contribution in [0.15, 0.2) is 6.07 Å². The Morgan fingerprint density at radius 2 is 1.84 bits per heavy atom. The molecule has 0 saturated heterocycles. The molecular formula is C14H21NO4.